The number of fused-ring (bicyclic) bond motifs is 3. The van der Waals surface area contributed by atoms with Gasteiger partial charge in [-0.05, 0) is 56.6 Å². The van der Waals surface area contributed by atoms with Gasteiger partial charge in [-0.2, -0.15) is 0 Å². The van der Waals surface area contributed by atoms with Gasteiger partial charge in [-0.3, -0.25) is 29.1 Å². The van der Waals surface area contributed by atoms with Crippen molar-refractivity contribution in [2.45, 2.75) is 31.0 Å². The number of amides is 2. The van der Waals surface area contributed by atoms with E-state index in [2.05, 4.69) is 15.6 Å². The van der Waals surface area contributed by atoms with Crippen LogP contribution in [0.5, 0.6) is 5.75 Å². The first-order valence-electron chi connectivity index (χ1n) is 14.3. The number of benzene rings is 1. The highest BCUT2D eigenvalue weighted by molar-refractivity contribution is 6.24. The van der Waals surface area contributed by atoms with Gasteiger partial charge in [0.2, 0.25) is 11.7 Å². The fourth-order valence-electron chi connectivity index (χ4n) is 6.79. The van der Waals surface area contributed by atoms with Crippen molar-refractivity contribution in [1.82, 2.24) is 15.2 Å². The zero-order valence-corrected chi connectivity index (χ0v) is 25.3. The number of nitrogens with two attached hydrogens (primary N) is 1. The summed E-state index contributed by atoms with van der Waals surface area (Å²) in [5, 5.41) is 51.4. The molecule has 2 amide bonds. The lowest BCUT2D eigenvalue weighted by Gasteiger charge is -2.50. The molecule has 14 nitrogen and oxygen atoms in total. The number of phenolic OH excluding ortho intramolecular Hbond substituents is 1. The quantitative estimate of drug-likeness (QED) is 0.155. The molecule has 3 aliphatic carbocycles. The maximum atomic E-state index is 14.1. The number of Topliss-reactive ketones (excluding diaryl/α,β-unsaturated/α-hetero) is 2. The number of hydrogen-bond acceptors (Lipinski definition) is 12. The van der Waals surface area contributed by atoms with Gasteiger partial charge in [0.05, 0.1) is 29.5 Å². The Bertz CT molecular complexity index is 1670. The van der Waals surface area contributed by atoms with Crippen LogP contribution in [0.1, 0.15) is 23.2 Å². The minimum Gasteiger partial charge on any atom is -0.508 e. The lowest BCUT2D eigenvalue weighted by atomic mass is 9.57. The van der Waals surface area contributed by atoms with Crippen LogP contribution in [0.4, 0.5) is 11.4 Å². The van der Waals surface area contributed by atoms with E-state index in [0.29, 0.717) is 17.8 Å². The first-order chi connectivity index (χ1) is 21.2. The van der Waals surface area contributed by atoms with Gasteiger partial charge >= 0.3 is 0 Å². The topological polar surface area (TPSA) is 219 Å². The summed E-state index contributed by atoms with van der Waals surface area (Å²) in [6, 6.07) is 5.78. The fraction of sp³-hybridized carbons (Fsp3) is 0.387. The smallest absolute Gasteiger partial charge is 0.255 e. The highest BCUT2D eigenvalue weighted by Gasteiger charge is 2.64. The number of nitrogens with zero attached hydrogens (tertiary/aromatic N) is 3. The molecule has 0 radical (unpaired) electrons. The summed E-state index contributed by atoms with van der Waals surface area (Å²) in [6.07, 6.45) is 1.73. The number of aliphatic hydroxyl groups is 3. The Kier molecular flexibility index (Phi) is 8.16. The van der Waals surface area contributed by atoms with Crippen molar-refractivity contribution in [2.75, 3.05) is 45.0 Å². The Morgan fingerprint density at radius 2 is 1.84 bits per heavy atom. The van der Waals surface area contributed by atoms with E-state index in [0.717, 1.165) is 5.69 Å². The van der Waals surface area contributed by atoms with Gasteiger partial charge in [-0.1, -0.05) is 6.07 Å². The number of aliphatic hydroxyl groups excluding tert-OH is 2. The van der Waals surface area contributed by atoms with Crippen LogP contribution in [0, 0.1) is 11.8 Å². The molecule has 0 aliphatic heterocycles. The zero-order chi connectivity index (χ0) is 33.0. The Balaban J connectivity index is 1.56. The number of aromatic nitrogens is 1. The fourth-order valence-corrected chi connectivity index (χ4v) is 6.79. The standard InChI is InChI=1S/C31H36N6O8/c1-36(2)19-11-18(35-20(38)13-33-12-15-7-5-6-8-34-15)25(39)22-16(19)9-14-10-17-24(37(3)4)27(41)23(30(32)44)29(43)31(17,45)28(42)21(14)26(22)40/h5-8,11,14,17,24,33,39-40,43,45H,9-10,12-13H2,1-4H3,(H2,32,44)(H,35,38)/t14?,17?,24-,31-/m0/s1. The van der Waals surface area contributed by atoms with E-state index in [1.165, 1.54) is 4.90 Å². The molecule has 1 heterocycles. The van der Waals surface area contributed by atoms with Gasteiger partial charge in [0.1, 0.15) is 22.8 Å². The molecule has 14 heteroatoms. The van der Waals surface area contributed by atoms with Gasteiger partial charge in [-0.25, -0.2) is 0 Å². The zero-order valence-electron chi connectivity index (χ0n) is 25.3. The Morgan fingerprint density at radius 1 is 1.13 bits per heavy atom. The number of hydrogen-bond donors (Lipinski definition) is 7. The van der Waals surface area contributed by atoms with Crippen LogP contribution >= 0.6 is 0 Å². The molecular formula is C31H36N6O8. The van der Waals surface area contributed by atoms with Crippen molar-refractivity contribution in [3.05, 3.63) is 64.2 Å². The molecule has 2 aromatic rings. The summed E-state index contributed by atoms with van der Waals surface area (Å²) >= 11 is 0. The third-order valence-corrected chi connectivity index (χ3v) is 8.77. The highest BCUT2D eigenvalue weighted by Crippen LogP contribution is 2.54. The van der Waals surface area contributed by atoms with E-state index in [1.807, 2.05) is 6.07 Å². The minimum atomic E-state index is -2.74. The van der Waals surface area contributed by atoms with Gasteiger partial charge in [-0.15, -0.1) is 0 Å². The molecule has 2 unspecified atom stereocenters. The van der Waals surface area contributed by atoms with Crippen molar-refractivity contribution < 1.29 is 39.6 Å². The van der Waals surface area contributed by atoms with Crippen molar-refractivity contribution in [2.24, 2.45) is 17.6 Å². The van der Waals surface area contributed by atoms with Crippen molar-refractivity contribution in [1.29, 1.82) is 0 Å². The summed E-state index contributed by atoms with van der Waals surface area (Å²) in [5.74, 6) is -7.92. The van der Waals surface area contributed by atoms with Gasteiger partial charge in [0.15, 0.2) is 11.4 Å². The predicted molar refractivity (Wildman–Crippen MR) is 163 cm³/mol. The predicted octanol–water partition coefficient (Wildman–Crippen LogP) is 0.153. The van der Waals surface area contributed by atoms with E-state index < -0.39 is 69.7 Å². The molecule has 1 aromatic heterocycles. The lowest BCUT2D eigenvalue weighted by molar-refractivity contribution is -0.153. The van der Waals surface area contributed by atoms with Crippen molar-refractivity contribution in [3.63, 3.8) is 0 Å². The molecule has 238 valence electrons. The van der Waals surface area contributed by atoms with Crippen LogP contribution in [0.2, 0.25) is 0 Å². The number of likely N-dealkylation sites (N-methyl/N-ethyl adjacent to an activating group) is 1. The number of primary amides is 1. The Labute approximate surface area is 258 Å². The molecule has 1 fully saturated rings. The molecule has 0 bridgehead atoms. The van der Waals surface area contributed by atoms with Crippen LogP contribution in [-0.2, 0) is 32.1 Å². The van der Waals surface area contributed by atoms with Crippen LogP contribution in [0.15, 0.2) is 47.4 Å². The number of phenols is 1. The molecule has 4 atom stereocenters. The summed E-state index contributed by atoms with van der Waals surface area (Å²) in [7, 11) is 6.56. The summed E-state index contributed by atoms with van der Waals surface area (Å²) in [4.78, 5) is 59.7. The van der Waals surface area contributed by atoms with E-state index in [1.54, 1.807) is 57.5 Å². The highest BCUT2D eigenvalue weighted by atomic mass is 16.3. The molecule has 8 N–H and O–H groups in total. The van der Waals surface area contributed by atoms with Crippen LogP contribution in [-0.4, -0.2) is 100 Å². The average molecular weight is 621 g/mol. The van der Waals surface area contributed by atoms with Crippen LogP contribution in [0.25, 0.3) is 5.76 Å². The number of carbonyl (C=O) groups excluding carboxylic acids is 4. The number of pyridine rings is 1. The number of anilines is 2. The molecule has 45 heavy (non-hydrogen) atoms. The summed E-state index contributed by atoms with van der Waals surface area (Å²) in [5.41, 5.74) is 3.10. The van der Waals surface area contributed by atoms with E-state index >= 15 is 0 Å². The van der Waals surface area contributed by atoms with Gasteiger partial charge in [0, 0.05) is 44.0 Å². The van der Waals surface area contributed by atoms with Crippen LogP contribution in [0.3, 0.4) is 0 Å². The molecule has 0 saturated heterocycles. The Morgan fingerprint density at radius 3 is 2.44 bits per heavy atom. The molecular weight excluding hydrogens is 584 g/mol. The van der Waals surface area contributed by atoms with E-state index in [9.17, 15) is 39.6 Å². The molecule has 1 aromatic carbocycles. The number of nitrogens with one attached hydrogen (secondary N) is 2. The molecule has 1 saturated carbocycles. The third-order valence-electron chi connectivity index (χ3n) is 8.77. The van der Waals surface area contributed by atoms with Gasteiger partial charge in [0.25, 0.3) is 5.91 Å². The second-order valence-corrected chi connectivity index (χ2v) is 12.0. The van der Waals surface area contributed by atoms with E-state index in [4.69, 9.17) is 5.73 Å². The first-order valence-corrected chi connectivity index (χ1v) is 14.3. The summed E-state index contributed by atoms with van der Waals surface area (Å²) < 4.78 is 0. The number of aromatic hydroxyl groups is 1. The number of rotatable bonds is 8. The third kappa shape index (κ3) is 5.10. The Hall–Kier alpha value is -4.79. The normalized spacial score (nSPS) is 24.3. The number of carbonyl (C=O) groups is 4. The maximum absolute atomic E-state index is 14.1. The van der Waals surface area contributed by atoms with Gasteiger partial charge < -0.3 is 41.7 Å². The second kappa shape index (κ2) is 11.6. The second-order valence-electron chi connectivity index (χ2n) is 12.0. The first kappa shape index (κ1) is 31.6. The largest absolute Gasteiger partial charge is 0.508 e. The average Bonchev–Trinajstić information content (AvgIpc) is 2.96. The monoisotopic (exact) mass is 620 g/mol. The lowest BCUT2D eigenvalue weighted by Crippen LogP contribution is -2.65. The maximum Gasteiger partial charge on any atom is 0.255 e. The SMILES string of the molecule is CN(C)c1cc(NC(=O)CNCc2ccccn2)c(O)c2c1CC1CC3[C@H](N(C)C)C(=O)C(C(N)=O)=C(O)[C@@]3(O)C(=O)C1=C2O. The minimum absolute atomic E-state index is 0.0257. The summed E-state index contributed by atoms with van der Waals surface area (Å²) in [6.45, 7) is 0.207. The molecule has 3 aliphatic rings. The van der Waals surface area contributed by atoms with E-state index in [-0.39, 0.29) is 36.2 Å². The molecule has 0 spiro atoms. The van der Waals surface area contributed by atoms with Crippen LogP contribution < -0.4 is 21.3 Å². The number of ketones is 2. The molecule has 5 rings (SSSR count). The van der Waals surface area contributed by atoms with Crippen molar-refractivity contribution in [3.8, 4) is 5.75 Å². The van der Waals surface area contributed by atoms with Crippen molar-refractivity contribution >= 4 is 40.5 Å².